The van der Waals surface area contributed by atoms with Gasteiger partial charge in [-0.25, -0.2) is 4.79 Å². The minimum atomic E-state index is -0.457. The maximum absolute atomic E-state index is 12.8. The summed E-state index contributed by atoms with van der Waals surface area (Å²) in [5.74, 6) is 0.958. The Hall–Kier alpha value is -7.95. The predicted octanol–water partition coefficient (Wildman–Crippen LogP) is 16.0. The maximum Gasteiger partial charge on any atom is 0.338 e. The zero-order valence-corrected chi connectivity index (χ0v) is 37.1. The Balaban J connectivity index is 1.10. The Bertz CT molecular complexity index is 3440. The molecule has 9 aromatic carbocycles. The van der Waals surface area contributed by atoms with E-state index < -0.39 is 11.4 Å². The van der Waals surface area contributed by atoms with Gasteiger partial charge >= 0.3 is 5.97 Å². The van der Waals surface area contributed by atoms with Crippen molar-refractivity contribution in [3.63, 3.8) is 0 Å². The highest BCUT2D eigenvalue weighted by molar-refractivity contribution is 5.95. The lowest BCUT2D eigenvalue weighted by atomic mass is 9.60. The third-order valence-corrected chi connectivity index (χ3v) is 14.4. The van der Waals surface area contributed by atoms with Crippen molar-refractivity contribution in [2.75, 3.05) is 9.80 Å². The van der Waals surface area contributed by atoms with E-state index in [-0.39, 0.29) is 11.8 Å². The molecule has 0 saturated heterocycles. The first-order valence-electron chi connectivity index (χ1n) is 23.0. The van der Waals surface area contributed by atoms with E-state index in [1.54, 1.807) is 6.92 Å². The van der Waals surface area contributed by atoms with E-state index in [0.29, 0.717) is 17.2 Å². The highest BCUT2D eigenvalue weighted by Gasteiger charge is 2.59. The van der Waals surface area contributed by atoms with E-state index >= 15 is 0 Å². The molecule has 3 aliphatic rings. The lowest BCUT2D eigenvalue weighted by Gasteiger charge is -2.42. The molecule has 4 nitrogen and oxygen atoms in total. The molecular weight excluding hydrogens is 805 g/mol. The lowest BCUT2D eigenvalue weighted by Crippen LogP contribution is -2.38. The average Bonchev–Trinajstić information content (AvgIpc) is 3.82. The van der Waals surface area contributed by atoms with Gasteiger partial charge in [0, 0.05) is 51.7 Å². The van der Waals surface area contributed by atoms with Gasteiger partial charge in [0.05, 0.1) is 5.41 Å². The highest BCUT2D eigenvalue weighted by atomic mass is 16.5. The zero-order chi connectivity index (χ0) is 44.5. The number of hydrogen-bond acceptors (Lipinski definition) is 4. The maximum atomic E-state index is 12.8. The number of para-hydroxylation sites is 1. The molecule has 0 radical (unpaired) electrons. The van der Waals surface area contributed by atoms with Gasteiger partial charge in [0.1, 0.15) is 5.75 Å². The fourth-order valence-electron chi connectivity index (χ4n) is 11.6. The molecule has 4 atom stereocenters. The largest absolute Gasteiger partial charge is 0.423 e. The number of rotatable bonds is 8. The second-order valence-corrected chi connectivity index (χ2v) is 18.3. The van der Waals surface area contributed by atoms with Crippen LogP contribution in [0, 0.1) is 11.8 Å². The molecule has 3 aliphatic carbocycles. The molecule has 0 aliphatic heterocycles. The SMILES string of the molecule is C=C(C)C(=O)Oc1cccc(N(c2ccc3c(c2)C2(c4cc(N(c5ccccc5)c5ccc6ccccc6c5)ccc4-3)c3ccccc3C3C=CCC(C)C32)c2ccc3ccccc3c2)c1. The van der Waals surface area contributed by atoms with Crippen molar-refractivity contribution in [1.29, 1.82) is 0 Å². The number of anilines is 6. The van der Waals surface area contributed by atoms with Crippen molar-refractivity contribution in [3.8, 4) is 16.9 Å². The smallest absolute Gasteiger partial charge is 0.338 e. The molecule has 0 amide bonds. The van der Waals surface area contributed by atoms with Crippen molar-refractivity contribution in [1.82, 2.24) is 0 Å². The molecular formula is C62H48N2O2. The standard InChI is InChI=1S/C62H48N2O2/c1-40(2)61(65)66-52-23-14-22-47(37-52)64(49-30-28-43-17-8-10-19-45(43)36-49)51-32-34-55-54-33-31-50(63(46-20-5-4-6-21-46)48-29-27-42-16-7-9-18-44(42)35-48)38-58(54)62(59(55)39-51)57-26-12-11-24-53(57)56-25-13-15-41(3)60(56)62/h4-14,16-39,41,56,60H,1,15H2,2-3H3. The summed E-state index contributed by atoms with van der Waals surface area (Å²) in [5.41, 5.74) is 14.2. The monoisotopic (exact) mass is 852 g/mol. The third kappa shape index (κ3) is 6.24. The van der Waals surface area contributed by atoms with Crippen LogP contribution in [0.25, 0.3) is 32.7 Å². The quantitative estimate of drug-likeness (QED) is 0.0660. The summed E-state index contributed by atoms with van der Waals surface area (Å²) in [6.07, 6.45) is 5.93. The van der Waals surface area contributed by atoms with Crippen LogP contribution >= 0.6 is 0 Å². The molecule has 4 unspecified atom stereocenters. The third-order valence-electron chi connectivity index (χ3n) is 14.4. The summed E-state index contributed by atoms with van der Waals surface area (Å²) in [6.45, 7) is 7.97. The number of carbonyl (C=O) groups excluding carboxylic acids is 1. The molecule has 318 valence electrons. The number of ether oxygens (including phenoxy) is 1. The van der Waals surface area contributed by atoms with Gasteiger partial charge in [-0.2, -0.15) is 0 Å². The van der Waals surface area contributed by atoms with Crippen LogP contribution in [0.4, 0.5) is 34.1 Å². The van der Waals surface area contributed by atoms with Crippen LogP contribution in [-0.4, -0.2) is 5.97 Å². The Morgan fingerprint density at radius 2 is 1.05 bits per heavy atom. The van der Waals surface area contributed by atoms with Crippen LogP contribution < -0.4 is 14.5 Å². The van der Waals surface area contributed by atoms with Gasteiger partial charge in [-0.3, -0.25) is 0 Å². The second kappa shape index (κ2) is 15.6. The molecule has 66 heavy (non-hydrogen) atoms. The molecule has 9 aromatic rings. The van der Waals surface area contributed by atoms with Gasteiger partial charge in [-0.15, -0.1) is 0 Å². The molecule has 0 N–H and O–H groups in total. The summed E-state index contributed by atoms with van der Waals surface area (Å²) in [6, 6.07) is 72.7. The fraction of sp³-hybridized carbons (Fsp3) is 0.113. The average molecular weight is 853 g/mol. The Morgan fingerprint density at radius 3 is 1.68 bits per heavy atom. The van der Waals surface area contributed by atoms with Crippen LogP contribution in [-0.2, 0) is 10.2 Å². The summed E-state index contributed by atoms with van der Waals surface area (Å²) in [4.78, 5) is 17.6. The Morgan fingerprint density at radius 1 is 0.530 bits per heavy atom. The van der Waals surface area contributed by atoms with Crippen molar-refractivity contribution in [2.45, 2.75) is 31.6 Å². The second-order valence-electron chi connectivity index (χ2n) is 18.3. The molecule has 0 bridgehead atoms. The topological polar surface area (TPSA) is 32.8 Å². The Kier molecular flexibility index (Phi) is 9.39. The fourth-order valence-corrected chi connectivity index (χ4v) is 11.6. The van der Waals surface area contributed by atoms with Crippen molar-refractivity contribution in [2.24, 2.45) is 11.8 Å². The van der Waals surface area contributed by atoms with E-state index in [9.17, 15) is 4.79 Å². The van der Waals surface area contributed by atoms with Gasteiger partial charge < -0.3 is 14.5 Å². The number of nitrogens with zero attached hydrogens (tertiary/aromatic N) is 2. The van der Waals surface area contributed by atoms with Gasteiger partial charge in [0.15, 0.2) is 0 Å². The first kappa shape index (κ1) is 39.6. The summed E-state index contributed by atoms with van der Waals surface area (Å²) in [7, 11) is 0. The van der Waals surface area contributed by atoms with Crippen LogP contribution in [0.2, 0.25) is 0 Å². The van der Waals surface area contributed by atoms with Crippen LogP contribution in [0.1, 0.15) is 48.4 Å². The number of esters is 1. The Labute approximate surface area is 386 Å². The van der Waals surface area contributed by atoms with Gasteiger partial charge in [-0.05, 0) is 153 Å². The number of hydrogen-bond donors (Lipinski definition) is 0. The molecule has 12 rings (SSSR count). The van der Waals surface area contributed by atoms with E-state index in [4.69, 9.17) is 4.74 Å². The molecule has 0 fully saturated rings. The van der Waals surface area contributed by atoms with Gasteiger partial charge in [-0.1, -0.05) is 147 Å². The predicted molar refractivity (Wildman–Crippen MR) is 272 cm³/mol. The van der Waals surface area contributed by atoms with Crippen LogP contribution in [0.15, 0.2) is 224 Å². The minimum absolute atomic E-state index is 0.262. The number of allylic oxidation sites excluding steroid dienone is 2. The van der Waals surface area contributed by atoms with Gasteiger partial charge in [0.2, 0.25) is 0 Å². The molecule has 0 aromatic heterocycles. The van der Waals surface area contributed by atoms with Crippen LogP contribution in [0.5, 0.6) is 5.75 Å². The molecule has 0 heterocycles. The summed E-state index contributed by atoms with van der Waals surface area (Å²) < 4.78 is 5.85. The van der Waals surface area contributed by atoms with Crippen LogP contribution in [0.3, 0.4) is 0 Å². The number of benzene rings is 9. The first-order chi connectivity index (χ1) is 32.4. The van der Waals surface area contributed by atoms with E-state index in [1.807, 2.05) is 18.2 Å². The minimum Gasteiger partial charge on any atom is -0.423 e. The summed E-state index contributed by atoms with van der Waals surface area (Å²) >= 11 is 0. The first-order valence-corrected chi connectivity index (χ1v) is 23.0. The molecule has 4 heteroatoms. The van der Waals surface area contributed by atoms with Crippen molar-refractivity contribution in [3.05, 3.63) is 247 Å². The van der Waals surface area contributed by atoms with E-state index in [1.165, 1.54) is 49.5 Å². The van der Waals surface area contributed by atoms with E-state index in [2.05, 4.69) is 217 Å². The van der Waals surface area contributed by atoms with Crippen molar-refractivity contribution < 1.29 is 9.53 Å². The van der Waals surface area contributed by atoms with E-state index in [0.717, 1.165) is 45.9 Å². The van der Waals surface area contributed by atoms with Crippen molar-refractivity contribution >= 4 is 61.6 Å². The normalized spacial score (nSPS) is 18.7. The molecule has 0 saturated carbocycles. The number of fused-ring (bicyclic) bond motifs is 12. The molecule has 1 spiro atoms. The number of carbonyl (C=O) groups is 1. The zero-order valence-electron chi connectivity index (χ0n) is 37.1. The summed E-state index contributed by atoms with van der Waals surface area (Å²) in [5, 5.41) is 4.75. The highest BCUT2D eigenvalue weighted by Crippen LogP contribution is 2.68. The lowest BCUT2D eigenvalue weighted by molar-refractivity contribution is -0.130. The van der Waals surface area contributed by atoms with Gasteiger partial charge in [0.25, 0.3) is 0 Å².